The van der Waals surface area contributed by atoms with Crippen molar-refractivity contribution in [3.8, 4) is 0 Å². The van der Waals surface area contributed by atoms with E-state index in [1.54, 1.807) is 0 Å². The van der Waals surface area contributed by atoms with Crippen molar-refractivity contribution in [3.63, 3.8) is 0 Å². The number of allylic oxidation sites excluding steroid dienone is 4. The second kappa shape index (κ2) is 50.5. The number of hydrogen-bond donors (Lipinski definition) is 0. The van der Waals surface area contributed by atoms with E-state index in [-0.39, 0.29) is 31.1 Å². The first kappa shape index (κ1) is 58.9. The normalized spacial score (nSPS) is 12.1. The summed E-state index contributed by atoms with van der Waals surface area (Å²) in [5.74, 6) is -0.911. The van der Waals surface area contributed by atoms with Gasteiger partial charge in [0.2, 0.25) is 0 Å². The Morgan fingerprint density at radius 2 is 0.557 bits per heavy atom. The Hall–Kier alpha value is -2.11. The minimum atomic E-state index is -0.781. The molecule has 61 heavy (non-hydrogen) atoms. The van der Waals surface area contributed by atoms with Crippen LogP contribution in [0.4, 0.5) is 0 Å². The molecule has 1 unspecified atom stereocenters. The molecule has 0 bridgehead atoms. The van der Waals surface area contributed by atoms with Gasteiger partial charge in [-0.05, 0) is 64.2 Å². The highest BCUT2D eigenvalue weighted by atomic mass is 16.6. The van der Waals surface area contributed by atoms with Crippen LogP contribution in [0.15, 0.2) is 24.3 Å². The molecule has 0 amide bonds. The van der Waals surface area contributed by atoms with Gasteiger partial charge in [-0.2, -0.15) is 0 Å². The highest BCUT2D eigenvalue weighted by Crippen LogP contribution is 2.16. The lowest BCUT2D eigenvalue weighted by Crippen LogP contribution is -2.30. The number of carbonyl (C=O) groups is 3. The van der Waals surface area contributed by atoms with Gasteiger partial charge in [-0.15, -0.1) is 0 Å². The summed E-state index contributed by atoms with van der Waals surface area (Å²) in [4.78, 5) is 37.9. The van der Waals surface area contributed by atoms with Crippen LogP contribution in [-0.2, 0) is 28.6 Å². The number of ether oxygens (including phenoxy) is 3. The van der Waals surface area contributed by atoms with Gasteiger partial charge in [0.15, 0.2) is 6.10 Å². The highest BCUT2D eigenvalue weighted by molar-refractivity contribution is 5.71. The largest absolute Gasteiger partial charge is 0.462 e. The zero-order chi connectivity index (χ0) is 44.4. The molecule has 1 atom stereocenters. The standard InChI is InChI=1S/C55H102O6/c1-4-7-10-13-16-19-21-23-25-27-28-30-31-33-36-39-42-45-48-54(57)60-51-52(50-59-53(56)47-44-41-38-35-18-15-12-9-6-3)61-55(58)49-46-43-40-37-34-32-29-26-24-22-20-17-14-11-8-5-2/h26,29,35,38,52H,4-25,27-28,30-34,36-37,39-51H2,1-3H3/b29-26-,38-35-. The van der Waals surface area contributed by atoms with E-state index in [4.69, 9.17) is 14.2 Å². The van der Waals surface area contributed by atoms with Crippen LogP contribution in [-0.4, -0.2) is 37.2 Å². The fourth-order valence-electron chi connectivity index (χ4n) is 7.85. The van der Waals surface area contributed by atoms with Crippen LogP contribution in [0.25, 0.3) is 0 Å². The third-order valence-electron chi connectivity index (χ3n) is 11.9. The van der Waals surface area contributed by atoms with Crippen LogP contribution < -0.4 is 0 Å². The van der Waals surface area contributed by atoms with Crippen molar-refractivity contribution in [1.29, 1.82) is 0 Å². The molecule has 0 saturated heterocycles. The predicted molar refractivity (Wildman–Crippen MR) is 261 cm³/mol. The molecule has 358 valence electrons. The minimum Gasteiger partial charge on any atom is -0.462 e. The summed E-state index contributed by atoms with van der Waals surface area (Å²) in [6.07, 6.45) is 57.5. The maximum atomic E-state index is 12.8. The van der Waals surface area contributed by atoms with Gasteiger partial charge in [0.25, 0.3) is 0 Å². The van der Waals surface area contributed by atoms with Gasteiger partial charge < -0.3 is 14.2 Å². The fourth-order valence-corrected chi connectivity index (χ4v) is 7.85. The van der Waals surface area contributed by atoms with E-state index in [1.165, 1.54) is 186 Å². The third-order valence-corrected chi connectivity index (χ3v) is 11.9. The van der Waals surface area contributed by atoms with Crippen molar-refractivity contribution in [2.75, 3.05) is 13.2 Å². The number of unbranched alkanes of at least 4 members (excludes halogenated alkanes) is 34. The van der Waals surface area contributed by atoms with Crippen molar-refractivity contribution < 1.29 is 28.6 Å². The van der Waals surface area contributed by atoms with Crippen molar-refractivity contribution >= 4 is 17.9 Å². The lowest BCUT2D eigenvalue weighted by Gasteiger charge is -2.18. The van der Waals surface area contributed by atoms with E-state index in [9.17, 15) is 14.4 Å². The molecular weight excluding hydrogens is 757 g/mol. The first-order valence-electron chi connectivity index (χ1n) is 26.8. The summed E-state index contributed by atoms with van der Waals surface area (Å²) in [5, 5.41) is 0. The molecule has 0 aliphatic heterocycles. The molecule has 0 rings (SSSR count). The molecule has 0 saturated carbocycles. The monoisotopic (exact) mass is 859 g/mol. The Balaban J connectivity index is 4.28. The van der Waals surface area contributed by atoms with Crippen LogP contribution in [0.2, 0.25) is 0 Å². The van der Waals surface area contributed by atoms with Gasteiger partial charge >= 0.3 is 17.9 Å². The van der Waals surface area contributed by atoms with Gasteiger partial charge in [0, 0.05) is 19.3 Å². The van der Waals surface area contributed by atoms with Crippen molar-refractivity contribution in [2.45, 2.75) is 297 Å². The van der Waals surface area contributed by atoms with Gasteiger partial charge in [-0.1, -0.05) is 231 Å². The van der Waals surface area contributed by atoms with Crippen LogP contribution in [0, 0.1) is 0 Å². The molecule has 0 spiro atoms. The van der Waals surface area contributed by atoms with Gasteiger partial charge in [0.05, 0.1) is 0 Å². The summed E-state index contributed by atoms with van der Waals surface area (Å²) in [6.45, 7) is 6.60. The van der Waals surface area contributed by atoms with Gasteiger partial charge in [-0.3, -0.25) is 14.4 Å². The van der Waals surface area contributed by atoms with E-state index in [2.05, 4.69) is 45.1 Å². The smallest absolute Gasteiger partial charge is 0.306 e. The van der Waals surface area contributed by atoms with E-state index >= 15 is 0 Å². The van der Waals surface area contributed by atoms with Crippen molar-refractivity contribution in [2.24, 2.45) is 0 Å². The summed E-state index contributed by atoms with van der Waals surface area (Å²) in [5.41, 5.74) is 0. The first-order valence-corrected chi connectivity index (χ1v) is 26.8. The Labute approximate surface area is 379 Å². The SMILES string of the molecule is CCCCCC/C=C\CCCC(=O)OCC(COC(=O)CCCCCCCCCCCCCCCCCCCC)OC(=O)CCCCCCC/C=C\CCCCCCCCC. The topological polar surface area (TPSA) is 78.9 Å². The molecule has 0 aliphatic rings. The zero-order valence-corrected chi connectivity index (χ0v) is 40.9. The van der Waals surface area contributed by atoms with Crippen LogP contribution in [0.1, 0.15) is 290 Å². The highest BCUT2D eigenvalue weighted by Gasteiger charge is 2.19. The molecule has 0 fully saturated rings. The Kier molecular flexibility index (Phi) is 48.8. The van der Waals surface area contributed by atoms with Crippen molar-refractivity contribution in [1.82, 2.24) is 0 Å². The average molecular weight is 859 g/mol. The second-order valence-corrected chi connectivity index (χ2v) is 18.1. The van der Waals surface area contributed by atoms with E-state index in [1.807, 2.05) is 0 Å². The zero-order valence-electron chi connectivity index (χ0n) is 40.9. The minimum absolute atomic E-state index is 0.0792. The number of hydrogen-bond acceptors (Lipinski definition) is 6. The van der Waals surface area contributed by atoms with E-state index in [0.717, 1.165) is 64.2 Å². The molecule has 6 heteroatoms. The van der Waals surface area contributed by atoms with Gasteiger partial charge in [-0.25, -0.2) is 0 Å². The van der Waals surface area contributed by atoms with Crippen LogP contribution >= 0.6 is 0 Å². The molecule has 0 radical (unpaired) electrons. The fraction of sp³-hybridized carbons (Fsp3) is 0.873. The lowest BCUT2D eigenvalue weighted by atomic mass is 10.0. The molecule has 6 nitrogen and oxygen atoms in total. The number of carbonyl (C=O) groups excluding carboxylic acids is 3. The Morgan fingerprint density at radius 1 is 0.311 bits per heavy atom. The summed E-state index contributed by atoms with van der Waals surface area (Å²) in [7, 11) is 0. The van der Waals surface area contributed by atoms with E-state index < -0.39 is 6.10 Å². The number of esters is 3. The van der Waals surface area contributed by atoms with Crippen molar-refractivity contribution in [3.05, 3.63) is 24.3 Å². The van der Waals surface area contributed by atoms with Gasteiger partial charge in [0.1, 0.15) is 13.2 Å². The summed E-state index contributed by atoms with van der Waals surface area (Å²) < 4.78 is 16.8. The Morgan fingerprint density at radius 3 is 0.902 bits per heavy atom. The van der Waals surface area contributed by atoms with Crippen LogP contribution in [0.3, 0.4) is 0 Å². The second-order valence-electron chi connectivity index (χ2n) is 18.1. The Bertz CT molecular complexity index is 989. The lowest BCUT2D eigenvalue weighted by molar-refractivity contribution is -0.167. The third kappa shape index (κ3) is 48.8. The quantitative estimate of drug-likeness (QED) is 0.0262. The molecule has 0 aliphatic carbocycles. The first-order chi connectivity index (χ1) is 30.0. The summed E-state index contributed by atoms with van der Waals surface area (Å²) in [6, 6.07) is 0. The predicted octanol–water partition coefficient (Wildman–Crippen LogP) is 17.5. The van der Waals surface area contributed by atoms with Crippen LogP contribution in [0.5, 0.6) is 0 Å². The molecule has 0 aromatic heterocycles. The molecule has 0 heterocycles. The molecule has 0 aromatic rings. The number of rotatable bonds is 49. The maximum absolute atomic E-state index is 12.8. The average Bonchev–Trinajstić information content (AvgIpc) is 3.26. The van der Waals surface area contributed by atoms with E-state index in [0.29, 0.717) is 19.3 Å². The molecular formula is C55H102O6. The molecule has 0 N–H and O–H groups in total. The maximum Gasteiger partial charge on any atom is 0.306 e. The summed E-state index contributed by atoms with van der Waals surface area (Å²) >= 11 is 0. The molecule has 0 aromatic carbocycles.